The van der Waals surface area contributed by atoms with Crippen LogP contribution in [-0.2, 0) is 14.6 Å². The molecular formula is C23H26O3S. The van der Waals surface area contributed by atoms with Gasteiger partial charge in [-0.15, -0.1) is 0 Å². The summed E-state index contributed by atoms with van der Waals surface area (Å²) < 4.78 is 30.2. The van der Waals surface area contributed by atoms with Crippen LogP contribution >= 0.6 is 0 Å². The van der Waals surface area contributed by atoms with Crippen molar-refractivity contribution in [1.29, 1.82) is 0 Å². The molecule has 0 radical (unpaired) electrons. The van der Waals surface area contributed by atoms with Gasteiger partial charge in [0, 0.05) is 23.8 Å². The van der Waals surface area contributed by atoms with Gasteiger partial charge < -0.3 is 4.74 Å². The lowest BCUT2D eigenvalue weighted by Gasteiger charge is -2.33. The molecule has 142 valence electrons. The van der Waals surface area contributed by atoms with Crippen molar-refractivity contribution in [2.24, 2.45) is 0 Å². The van der Waals surface area contributed by atoms with E-state index in [4.69, 9.17) is 4.74 Å². The molecule has 0 amide bonds. The maximum absolute atomic E-state index is 11.8. The molecule has 1 heterocycles. The van der Waals surface area contributed by atoms with E-state index in [-0.39, 0.29) is 5.60 Å². The fraction of sp³-hybridized carbons (Fsp3) is 0.391. The molecule has 0 unspecified atom stereocenters. The van der Waals surface area contributed by atoms with Crippen molar-refractivity contribution in [3.63, 3.8) is 0 Å². The molecule has 0 bridgehead atoms. The predicted molar refractivity (Wildman–Crippen MR) is 109 cm³/mol. The summed E-state index contributed by atoms with van der Waals surface area (Å²) in [4.78, 5) is 0.342. The molecule has 1 fully saturated rings. The average Bonchev–Trinajstić information content (AvgIpc) is 3.01. The van der Waals surface area contributed by atoms with E-state index in [2.05, 4.69) is 31.2 Å². The second-order valence-corrected chi connectivity index (χ2v) is 10.0. The van der Waals surface area contributed by atoms with Crippen LogP contribution in [0.25, 0.3) is 11.3 Å². The van der Waals surface area contributed by atoms with Crippen LogP contribution in [0, 0.1) is 6.92 Å². The van der Waals surface area contributed by atoms with Crippen LogP contribution in [0.15, 0.2) is 53.4 Å². The van der Waals surface area contributed by atoms with Crippen molar-refractivity contribution in [2.45, 2.75) is 55.9 Å². The molecule has 4 heteroatoms. The highest BCUT2D eigenvalue weighted by Crippen LogP contribution is 2.50. The van der Waals surface area contributed by atoms with Gasteiger partial charge in [-0.25, -0.2) is 8.42 Å². The molecule has 2 aromatic rings. The Bertz CT molecular complexity index is 979. The van der Waals surface area contributed by atoms with E-state index in [0.29, 0.717) is 4.90 Å². The van der Waals surface area contributed by atoms with Crippen LogP contribution in [0.4, 0.5) is 0 Å². The van der Waals surface area contributed by atoms with E-state index in [9.17, 15) is 8.42 Å². The van der Waals surface area contributed by atoms with Gasteiger partial charge in [-0.05, 0) is 62.4 Å². The molecule has 0 saturated heterocycles. The van der Waals surface area contributed by atoms with Crippen molar-refractivity contribution < 1.29 is 13.2 Å². The van der Waals surface area contributed by atoms with E-state index in [1.807, 2.05) is 12.1 Å². The molecule has 2 aliphatic rings. The first-order valence-corrected chi connectivity index (χ1v) is 11.6. The average molecular weight is 383 g/mol. The third-order valence-electron chi connectivity index (χ3n) is 5.77. The van der Waals surface area contributed by atoms with E-state index < -0.39 is 9.84 Å². The van der Waals surface area contributed by atoms with Crippen molar-refractivity contribution in [3.8, 4) is 0 Å². The van der Waals surface area contributed by atoms with Gasteiger partial charge in [0.25, 0.3) is 0 Å². The number of hydrogen-bond acceptors (Lipinski definition) is 3. The Hall–Kier alpha value is -2.07. The summed E-state index contributed by atoms with van der Waals surface area (Å²) in [5, 5.41) is 0. The Morgan fingerprint density at radius 1 is 0.926 bits per heavy atom. The summed E-state index contributed by atoms with van der Waals surface area (Å²) in [6.45, 7) is 2.11. The van der Waals surface area contributed by atoms with Crippen molar-refractivity contribution in [1.82, 2.24) is 0 Å². The molecule has 1 spiro atoms. The zero-order valence-electron chi connectivity index (χ0n) is 16.0. The number of benzene rings is 2. The Morgan fingerprint density at radius 2 is 1.63 bits per heavy atom. The first-order valence-electron chi connectivity index (χ1n) is 9.66. The Balaban J connectivity index is 1.78. The summed E-state index contributed by atoms with van der Waals surface area (Å²) in [5.41, 5.74) is 4.55. The Labute approximate surface area is 162 Å². The van der Waals surface area contributed by atoms with Crippen molar-refractivity contribution in [3.05, 3.63) is 65.2 Å². The molecule has 0 aromatic heterocycles. The highest BCUT2D eigenvalue weighted by atomic mass is 32.2. The topological polar surface area (TPSA) is 43.4 Å². The van der Waals surface area contributed by atoms with Gasteiger partial charge in [0.05, 0.1) is 4.90 Å². The van der Waals surface area contributed by atoms with Gasteiger partial charge in [-0.2, -0.15) is 0 Å². The smallest absolute Gasteiger partial charge is 0.175 e. The van der Waals surface area contributed by atoms with Crippen molar-refractivity contribution in [2.75, 3.05) is 6.26 Å². The second-order valence-electron chi connectivity index (χ2n) is 8.00. The van der Waals surface area contributed by atoms with Crippen LogP contribution in [0.1, 0.15) is 55.2 Å². The van der Waals surface area contributed by atoms with Crippen LogP contribution in [0.3, 0.4) is 0 Å². The second kappa shape index (κ2) is 6.83. The highest BCUT2D eigenvalue weighted by molar-refractivity contribution is 7.90. The molecule has 0 N–H and O–H groups in total. The molecule has 0 atom stereocenters. The third kappa shape index (κ3) is 3.68. The van der Waals surface area contributed by atoms with Gasteiger partial charge in [-0.3, -0.25) is 0 Å². The first-order chi connectivity index (χ1) is 12.9. The number of hydrogen-bond donors (Lipinski definition) is 0. The molecule has 1 aliphatic heterocycles. The summed E-state index contributed by atoms with van der Waals surface area (Å²) in [6.07, 6.45) is 8.05. The quantitative estimate of drug-likeness (QED) is 0.715. The minimum absolute atomic E-state index is 0.0951. The fourth-order valence-corrected chi connectivity index (χ4v) is 4.97. The lowest BCUT2D eigenvalue weighted by molar-refractivity contribution is 0.0234. The molecule has 3 nitrogen and oxygen atoms in total. The monoisotopic (exact) mass is 382 g/mol. The lowest BCUT2D eigenvalue weighted by atomic mass is 9.80. The Kier molecular flexibility index (Phi) is 4.63. The SMILES string of the molecule is Cc1cccc(C2=C(c3ccc(S(C)(=O)=O)cc3)OC3(CCCCC3)C2)c1. The number of aryl methyl sites for hydroxylation is 1. The summed E-state index contributed by atoms with van der Waals surface area (Å²) in [7, 11) is -3.20. The normalized spacial score (nSPS) is 19.3. The van der Waals surface area contributed by atoms with Crippen LogP contribution in [0.2, 0.25) is 0 Å². The van der Waals surface area contributed by atoms with E-state index >= 15 is 0 Å². The predicted octanol–water partition coefficient (Wildman–Crippen LogP) is 5.39. The van der Waals surface area contributed by atoms with E-state index in [0.717, 1.165) is 30.6 Å². The minimum atomic E-state index is -3.20. The first kappa shape index (κ1) is 18.3. The number of ether oxygens (including phenoxy) is 1. The highest BCUT2D eigenvalue weighted by Gasteiger charge is 2.42. The van der Waals surface area contributed by atoms with Crippen LogP contribution in [0.5, 0.6) is 0 Å². The van der Waals surface area contributed by atoms with E-state index in [1.54, 1.807) is 12.1 Å². The molecule has 27 heavy (non-hydrogen) atoms. The number of sulfone groups is 1. The van der Waals surface area contributed by atoms with E-state index in [1.165, 1.54) is 42.2 Å². The van der Waals surface area contributed by atoms with Gasteiger partial charge in [0.1, 0.15) is 11.4 Å². The van der Waals surface area contributed by atoms with Crippen LogP contribution < -0.4 is 0 Å². The van der Waals surface area contributed by atoms with Gasteiger partial charge in [0.15, 0.2) is 9.84 Å². The standard InChI is InChI=1S/C23H26O3S/c1-17-7-6-8-19(15-17)21-16-23(13-4-3-5-14-23)26-22(21)18-9-11-20(12-10-18)27(2,24)25/h6-12,15H,3-5,13-14,16H2,1-2H3. The fourth-order valence-electron chi connectivity index (χ4n) is 4.34. The molecule has 1 saturated carbocycles. The van der Waals surface area contributed by atoms with Crippen LogP contribution in [-0.4, -0.2) is 20.3 Å². The molecule has 2 aromatic carbocycles. The maximum Gasteiger partial charge on any atom is 0.175 e. The summed E-state index contributed by atoms with van der Waals surface area (Å²) >= 11 is 0. The van der Waals surface area contributed by atoms with Gasteiger partial charge in [0.2, 0.25) is 0 Å². The molecule has 4 rings (SSSR count). The Morgan fingerprint density at radius 3 is 2.26 bits per heavy atom. The van der Waals surface area contributed by atoms with Gasteiger partial charge >= 0.3 is 0 Å². The zero-order chi connectivity index (χ0) is 19.1. The number of rotatable bonds is 3. The zero-order valence-corrected chi connectivity index (χ0v) is 16.8. The minimum Gasteiger partial charge on any atom is -0.486 e. The summed E-state index contributed by atoms with van der Waals surface area (Å²) in [5.74, 6) is 0.919. The van der Waals surface area contributed by atoms with Crippen molar-refractivity contribution >= 4 is 21.2 Å². The largest absolute Gasteiger partial charge is 0.486 e. The third-order valence-corrected chi connectivity index (χ3v) is 6.90. The maximum atomic E-state index is 11.8. The molecular weight excluding hydrogens is 356 g/mol. The van der Waals surface area contributed by atoms with Gasteiger partial charge in [-0.1, -0.05) is 36.2 Å². The lowest BCUT2D eigenvalue weighted by Crippen LogP contribution is -2.31. The summed E-state index contributed by atoms with van der Waals surface area (Å²) in [6, 6.07) is 15.7. The molecule has 1 aliphatic carbocycles.